The van der Waals surface area contributed by atoms with E-state index in [-0.39, 0.29) is 0 Å². The summed E-state index contributed by atoms with van der Waals surface area (Å²) in [5.74, 6) is 1.94. The topological polar surface area (TPSA) is 82.4 Å². The van der Waals surface area contributed by atoms with Crippen molar-refractivity contribution in [3.05, 3.63) is 23.9 Å². The van der Waals surface area contributed by atoms with E-state index in [2.05, 4.69) is 10.2 Å². The first-order valence-corrected chi connectivity index (χ1v) is 6.01. The molecule has 0 amide bonds. The van der Waals surface area contributed by atoms with Gasteiger partial charge in [0, 0.05) is 23.8 Å². The summed E-state index contributed by atoms with van der Waals surface area (Å²) in [7, 11) is 1.65. The van der Waals surface area contributed by atoms with E-state index in [1.165, 1.54) is 0 Å². The summed E-state index contributed by atoms with van der Waals surface area (Å²) in [6.07, 6.45) is 1.68. The van der Waals surface area contributed by atoms with Crippen LogP contribution in [0.15, 0.2) is 18.3 Å². The van der Waals surface area contributed by atoms with E-state index in [4.69, 9.17) is 19.9 Å². The Kier molecular flexibility index (Phi) is 3.00. The zero-order valence-electron chi connectivity index (χ0n) is 10.6. The predicted molar refractivity (Wildman–Crippen MR) is 70.1 cm³/mol. The van der Waals surface area contributed by atoms with E-state index in [0.717, 1.165) is 22.4 Å². The van der Waals surface area contributed by atoms with Crippen LogP contribution >= 0.6 is 0 Å². The molecule has 0 aliphatic carbocycles. The molecule has 0 radical (unpaired) electrons. The number of nitrogens with zero attached hydrogens (tertiary/aromatic N) is 1. The number of nitrogens with one attached hydrogen (secondary N) is 1. The van der Waals surface area contributed by atoms with Gasteiger partial charge in [-0.05, 0) is 6.07 Å². The number of H-pyrrole nitrogens is 1. The average Bonchev–Trinajstić information content (AvgIpc) is 2.86. The molecule has 3 rings (SSSR count). The van der Waals surface area contributed by atoms with Crippen molar-refractivity contribution >= 4 is 5.82 Å². The fourth-order valence-corrected chi connectivity index (χ4v) is 2.18. The van der Waals surface area contributed by atoms with Gasteiger partial charge >= 0.3 is 0 Å². The standard InChI is InChI=1S/C13H15N3O3/c1-17-7-8-2-3-9(10-6-15-16-13(10)14)12-11(8)18-4-5-19-12/h2-3,6H,4-5,7H2,1H3,(H3,14,15,16). The van der Waals surface area contributed by atoms with E-state index in [1.807, 2.05) is 12.1 Å². The van der Waals surface area contributed by atoms with E-state index in [1.54, 1.807) is 13.3 Å². The maximum absolute atomic E-state index is 5.86. The van der Waals surface area contributed by atoms with Crippen LogP contribution in [0, 0.1) is 0 Å². The summed E-state index contributed by atoms with van der Waals surface area (Å²) in [4.78, 5) is 0. The third-order valence-corrected chi connectivity index (χ3v) is 3.03. The maximum atomic E-state index is 5.86. The van der Waals surface area contributed by atoms with Gasteiger partial charge in [-0.3, -0.25) is 5.10 Å². The van der Waals surface area contributed by atoms with Gasteiger partial charge in [-0.1, -0.05) is 6.07 Å². The number of nitrogens with two attached hydrogens (primary N) is 1. The zero-order valence-corrected chi connectivity index (χ0v) is 10.6. The lowest BCUT2D eigenvalue weighted by Crippen LogP contribution is -2.17. The number of rotatable bonds is 3. The minimum atomic E-state index is 0.479. The number of methoxy groups -OCH3 is 1. The van der Waals surface area contributed by atoms with Crippen molar-refractivity contribution in [3.63, 3.8) is 0 Å². The van der Waals surface area contributed by atoms with Crippen molar-refractivity contribution in [2.75, 3.05) is 26.1 Å². The average molecular weight is 261 g/mol. The van der Waals surface area contributed by atoms with Crippen molar-refractivity contribution in [2.24, 2.45) is 0 Å². The summed E-state index contributed by atoms with van der Waals surface area (Å²) in [5, 5.41) is 6.66. The highest BCUT2D eigenvalue weighted by Crippen LogP contribution is 2.43. The molecule has 0 atom stereocenters. The van der Waals surface area contributed by atoms with Gasteiger partial charge in [-0.15, -0.1) is 0 Å². The van der Waals surface area contributed by atoms with Gasteiger partial charge < -0.3 is 19.9 Å². The van der Waals surface area contributed by atoms with Gasteiger partial charge in [-0.25, -0.2) is 0 Å². The molecule has 2 aromatic rings. The Morgan fingerprint density at radius 2 is 2.05 bits per heavy atom. The fourth-order valence-electron chi connectivity index (χ4n) is 2.18. The molecule has 6 nitrogen and oxygen atoms in total. The molecule has 0 bridgehead atoms. The predicted octanol–water partition coefficient (Wildman–Crippen LogP) is 1.58. The molecule has 0 spiro atoms. The van der Waals surface area contributed by atoms with Crippen LogP contribution in [0.2, 0.25) is 0 Å². The van der Waals surface area contributed by atoms with E-state index < -0.39 is 0 Å². The Bertz CT molecular complexity index is 595. The molecule has 3 N–H and O–H groups in total. The van der Waals surface area contributed by atoms with Gasteiger partial charge in [0.05, 0.1) is 12.8 Å². The lowest BCUT2D eigenvalue weighted by molar-refractivity contribution is 0.153. The first-order valence-electron chi connectivity index (χ1n) is 6.01. The Balaban J connectivity index is 2.14. The number of benzene rings is 1. The summed E-state index contributed by atoms with van der Waals surface area (Å²) in [5.41, 5.74) is 8.51. The van der Waals surface area contributed by atoms with E-state index in [0.29, 0.717) is 31.4 Å². The number of ether oxygens (including phenoxy) is 3. The van der Waals surface area contributed by atoms with Crippen LogP contribution in [0.1, 0.15) is 5.56 Å². The highest BCUT2D eigenvalue weighted by molar-refractivity contribution is 5.81. The van der Waals surface area contributed by atoms with Crippen LogP contribution in [0.25, 0.3) is 11.1 Å². The van der Waals surface area contributed by atoms with Crippen LogP contribution in [-0.2, 0) is 11.3 Å². The van der Waals surface area contributed by atoms with Crippen molar-refractivity contribution in [1.82, 2.24) is 10.2 Å². The molecule has 1 aliphatic heterocycles. The molecule has 2 heterocycles. The molecule has 6 heteroatoms. The van der Waals surface area contributed by atoms with E-state index >= 15 is 0 Å². The number of aromatic nitrogens is 2. The Labute approximate surface area is 110 Å². The Morgan fingerprint density at radius 3 is 2.74 bits per heavy atom. The number of aromatic amines is 1. The monoisotopic (exact) mass is 261 g/mol. The highest BCUT2D eigenvalue weighted by atomic mass is 16.6. The van der Waals surface area contributed by atoms with Crippen LogP contribution in [0.3, 0.4) is 0 Å². The second-order valence-corrected chi connectivity index (χ2v) is 4.26. The molecule has 19 heavy (non-hydrogen) atoms. The molecule has 1 aromatic carbocycles. The third kappa shape index (κ3) is 2.00. The van der Waals surface area contributed by atoms with Gasteiger partial charge in [0.1, 0.15) is 19.0 Å². The summed E-state index contributed by atoms with van der Waals surface area (Å²) < 4.78 is 16.6. The van der Waals surface area contributed by atoms with Crippen molar-refractivity contribution in [2.45, 2.75) is 6.61 Å². The fraction of sp³-hybridized carbons (Fsp3) is 0.308. The van der Waals surface area contributed by atoms with E-state index in [9.17, 15) is 0 Å². The normalized spacial score (nSPS) is 13.5. The SMILES string of the molecule is COCc1ccc(-c2cn[nH]c2N)c2c1OCCO2. The number of hydrogen-bond acceptors (Lipinski definition) is 5. The smallest absolute Gasteiger partial charge is 0.169 e. The van der Waals surface area contributed by atoms with Crippen LogP contribution in [0.5, 0.6) is 11.5 Å². The first kappa shape index (κ1) is 11.9. The van der Waals surface area contributed by atoms with Gasteiger partial charge in [0.15, 0.2) is 11.5 Å². The minimum Gasteiger partial charge on any atom is -0.486 e. The summed E-state index contributed by atoms with van der Waals surface area (Å²) in [6, 6.07) is 3.90. The molecular formula is C13H15N3O3. The third-order valence-electron chi connectivity index (χ3n) is 3.03. The maximum Gasteiger partial charge on any atom is 0.169 e. The van der Waals surface area contributed by atoms with Gasteiger partial charge in [0.25, 0.3) is 0 Å². The van der Waals surface area contributed by atoms with Crippen LogP contribution < -0.4 is 15.2 Å². The molecular weight excluding hydrogens is 246 g/mol. The number of fused-ring (bicyclic) bond motifs is 1. The lowest BCUT2D eigenvalue weighted by atomic mass is 10.0. The second-order valence-electron chi connectivity index (χ2n) is 4.26. The molecule has 0 saturated carbocycles. The number of nitrogen functional groups attached to an aromatic ring is 1. The number of anilines is 1. The Morgan fingerprint density at radius 1 is 1.26 bits per heavy atom. The quantitative estimate of drug-likeness (QED) is 0.876. The van der Waals surface area contributed by atoms with Crippen LogP contribution in [0.4, 0.5) is 5.82 Å². The first-order chi connectivity index (χ1) is 9.31. The molecule has 0 fully saturated rings. The highest BCUT2D eigenvalue weighted by Gasteiger charge is 2.22. The van der Waals surface area contributed by atoms with Gasteiger partial charge in [0.2, 0.25) is 0 Å². The van der Waals surface area contributed by atoms with Crippen molar-refractivity contribution < 1.29 is 14.2 Å². The van der Waals surface area contributed by atoms with Crippen molar-refractivity contribution in [3.8, 4) is 22.6 Å². The minimum absolute atomic E-state index is 0.479. The molecule has 0 unspecified atom stereocenters. The zero-order chi connectivity index (χ0) is 13.2. The second kappa shape index (κ2) is 4.81. The van der Waals surface area contributed by atoms with Crippen LogP contribution in [-0.4, -0.2) is 30.5 Å². The molecule has 100 valence electrons. The Hall–Kier alpha value is -2.21. The summed E-state index contributed by atoms with van der Waals surface area (Å²) in [6.45, 7) is 1.54. The lowest BCUT2D eigenvalue weighted by Gasteiger charge is -2.23. The summed E-state index contributed by atoms with van der Waals surface area (Å²) >= 11 is 0. The molecule has 1 aromatic heterocycles. The van der Waals surface area contributed by atoms with Crippen molar-refractivity contribution in [1.29, 1.82) is 0 Å². The molecule has 0 saturated heterocycles. The van der Waals surface area contributed by atoms with Gasteiger partial charge in [-0.2, -0.15) is 5.10 Å². The number of hydrogen-bond donors (Lipinski definition) is 2. The molecule has 1 aliphatic rings. The largest absolute Gasteiger partial charge is 0.486 e.